The molecule has 2 aromatic carbocycles. The average molecular weight is 432 g/mol. The number of nitrogens with one attached hydrogen (secondary N) is 1. The van der Waals surface area contributed by atoms with Crippen molar-refractivity contribution in [3.8, 4) is 16.9 Å². The lowest BCUT2D eigenvalue weighted by Gasteiger charge is -2.17. The molecule has 160 valence electrons. The minimum Gasteiger partial charge on any atom is -0.494 e. The Morgan fingerprint density at radius 2 is 1.74 bits per heavy atom. The molecule has 1 unspecified atom stereocenters. The van der Waals surface area contributed by atoms with E-state index in [9.17, 15) is 0 Å². The number of nitrogens with zero attached hydrogens (tertiary/aromatic N) is 2. The largest absolute Gasteiger partial charge is 0.494 e. The molecule has 31 heavy (non-hydrogen) atoms. The summed E-state index contributed by atoms with van der Waals surface area (Å²) >= 11 is 1.72. The lowest BCUT2D eigenvalue weighted by molar-refractivity contribution is 0.340. The first-order valence-electron chi connectivity index (χ1n) is 10.9. The first kappa shape index (κ1) is 21.3. The molecule has 5 heteroatoms. The fourth-order valence-corrected chi connectivity index (χ4v) is 5.02. The second kappa shape index (κ2) is 9.06. The van der Waals surface area contributed by atoms with Crippen molar-refractivity contribution in [2.24, 2.45) is 0 Å². The molecule has 2 heterocycles. The predicted octanol–water partition coefficient (Wildman–Crippen LogP) is 7.63. The van der Waals surface area contributed by atoms with Gasteiger partial charge in [-0.3, -0.25) is 0 Å². The second-order valence-corrected chi connectivity index (χ2v) is 9.01. The van der Waals surface area contributed by atoms with Crippen LogP contribution < -0.4 is 10.1 Å². The molecule has 4 aromatic rings. The standard InChI is InChI=1S/C26H29N3OS/c1-6-16(3)21-10-8-9-11-22(21)29-25-24-23(17(4)31-26(24)28-18(5)27-25)19-12-14-20(15-13-19)30-7-2/h8-16H,6-7H2,1-5H3,(H,27,28,29). The van der Waals surface area contributed by atoms with Gasteiger partial charge in [-0.2, -0.15) is 0 Å². The van der Waals surface area contributed by atoms with E-state index >= 15 is 0 Å². The van der Waals surface area contributed by atoms with Gasteiger partial charge in [-0.15, -0.1) is 11.3 Å². The van der Waals surface area contributed by atoms with Gasteiger partial charge in [0.1, 0.15) is 22.2 Å². The molecule has 4 rings (SSSR count). The maximum Gasteiger partial charge on any atom is 0.143 e. The molecule has 0 spiro atoms. The number of fused-ring (bicyclic) bond motifs is 1. The molecule has 0 saturated heterocycles. The van der Waals surface area contributed by atoms with Crippen LogP contribution in [0.25, 0.3) is 21.3 Å². The van der Waals surface area contributed by atoms with Gasteiger partial charge in [-0.25, -0.2) is 9.97 Å². The summed E-state index contributed by atoms with van der Waals surface area (Å²) in [6.07, 6.45) is 1.09. The summed E-state index contributed by atoms with van der Waals surface area (Å²) in [4.78, 5) is 11.8. The number of benzene rings is 2. The summed E-state index contributed by atoms with van der Waals surface area (Å²) < 4.78 is 5.63. The molecular weight excluding hydrogens is 402 g/mol. The van der Waals surface area contributed by atoms with E-state index in [0.717, 1.165) is 45.3 Å². The van der Waals surface area contributed by atoms with E-state index in [0.29, 0.717) is 12.5 Å². The number of aryl methyl sites for hydroxylation is 2. The molecule has 0 aliphatic rings. The SMILES string of the molecule is CCOc1ccc(-c2c(C)sc3nc(C)nc(Nc4ccccc4C(C)CC)c23)cc1. The molecule has 1 N–H and O–H groups in total. The van der Waals surface area contributed by atoms with Crippen LogP contribution in [0.2, 0.25) is 0 Å². The third kappa shape index (κ3) is 4.28. The van der Waals surface area contributed by atoms with E-state index in [1.165, 1.54) is 16.0 Å². The molecule has 0 fully saturated rings. The van der Waals surface area contributed by atoms with Crippen LogP contribution in [0, 0.1) is 13.8 Å². The number of anilines is 2. The van der Waals surface area contributed by atoms with Crippen LogP contribution in [-0.2, 0) is 0 Å². The van der Waals surface area contributed by atoms with E-state index in [1.807, 2.05) is 26.0 Å². The van der Waals surface area contributed by atoms with E-state index in [4.69, 9.17) is 14.7 Å². The van der Waals surface area contributed by atoms with Gasteiger partial charge in [0.2, 0.25) is 0 Å². The monoisotopic (exact) mass is 431 g/mol. The molecule has 0 radical (unpaired) electrons. The highest BCUT2D eigenvalue weighted by Crippen LogP contribution is 2.42. The number of para-hydroxylation sites is 1. The summed E-state index contributed by atoms with van der Waals surface area (Å²) in [6.45, 7) is 11.3. The maximum atomic E-state index is 5.63. The number of ether oxygens (including phenoxy) is 1. The Hall–Kier alpha value is -2.92. The highest BCUT2D eigenvalue weighted by molar-refractivity contribution is 7.19. The van der Waals surface area contributed by atoms with E-state index in [1.54, 1.807) is 11.3 Å². The van der Waals surface area contributed by atoms with E-state index < -0.39 is 0 Å². The molecule has 0 bridgehead atoms. The first-order valence-corrected chi connectivity index (χ1v) is 11.7. The normalized spacial score (nSPS) is 12.2. The summed E-state index contributed by atoms with van der Waals surface area (Å²) in [7, 11) is 0. The van der Waals surface area contributed by atoms with Gasteiger partial charge < -0.3 is 10.1 Å². The quantitative estimate of drug-likeness (QED) is 0.327. The highest BCUT2D eigenvalue weighted by Gasteiger charge is 2.19. The van der Waals surface area contributed by atoms with Crippen LogP contribution in [-0.4, -0.2) is 16.6 Å². The molecule has 4 nitrogen and oxygen atoms in total. The molecule has 2 aromatic heterocycles. The van der Waals surface area contributed by atoms with Crippen molar-refractivity contribution >= 4 is 33.1 Å². The van der Waals surface area contributed by atoms with Crippen molar-refractivity contribution in [3.05, 3.63) is 64.8 Å². The highest BCUT2D eigenvalue weighted by atomic mass is 32.1. The van der Waals surface area contributed by atoms with Crippen molar-refractivity contribution in [1.29, 1.82) is 0 Å². The van der Waals surface area contributed by atoms with Crippen LogP contribution in [0.4, 0.5) is 11.5 Å². The summed E-state index contributed by atoms with van der Waals surface area (Å²) in [5.74, 6) is 3.00. The Balaban J connectivity index is 1.85. The van der Waals surface area contributed by atoms with Gasteiger partial charge >= 0.3 is 0 Å². The van der Waals surface area contributed by atoms with Gasteiger partial charge in [0.15, 0.2) is 0 Å². The van der Waals surface area contributed by atoms with Crippen LogP contribution >= 0.6 is 11.3 Å². The van der Waals surface area contributed by atoms with Crippen molar-refractivity contribution in [1.82, 2.24) is 9.97 Å². The average Bonchev–Trinajstić information content (AvgIpc) is 3.10. The molecule has 0 saturated carbocycles. The lowest BCUT2D eigenvalue weighted by atomic mass is 9.96. The first-order chi connectivity index (χ1) is 15.0. The van der Waals surface area contributed by atoms with Gasteiger partial charge in [0.05, 0.1) is 12.0 Å². The fraction of sp³-hybridized carbons (Fsp3) is 0.308. The molecule has 0 amide bonds. The minimum atomic E-state index is 0.469. The molecular formula is C26H29N3OS. The van der Waals surface area contributed by atoms with Gasteiger partial charge in [0.25, 0.3) is 0 Å². The summed E-state index contributed by atoms with van der Waals surface area (Å²) in [6, 6.07) is 16.8. The third-order valence-electron chi connectivity index (χ3n) is 5.65. The second-order valence-electron chi connectivity index (χ2n) is 7.81. The van der Waals surface area contributed by atoms with Crippen LogP contribution in [0.5, 0.6) is 5.75 Å². The van der Waals surface area contributed by atoms with Crippen LogP contribution in [0.3, 0.4) is 0 Å². The Morgan fingerprint density at radius 1 is 1.00 bits per heavy atom. The Labute approximate surface area is 188 Å². The summed E-state index contributed by atoms with van der Waals surface area (Å²) in [5.41, 5.74) is 4.76. The zero-order valence-electron chi connectivity index (χ0n) is 18.8. The van der Waals surface area contributed by atoms with Crippen molar-refractivity contribution in [3.63, 3.8) is 0 Å². The number of thiophene rings is 1. The minimum absolute atomic E-state index is 0.469. The molecule has 0 aliphatic heterocycles. The predicted molar refractivity (Wildman–Crippen MR) is 132 cm³/mol. The molecule has 0 aliphatic carbocycles. The van der Waals surface area contributed by atoms with Crippen molar-refractivity contribution in [2.75, 3.05) is 11.9 Å². The maximum absolute atomic E-state index is 5.63. The number of aromatic nitrogens is 2. The lowest BCUT2D eigenvalue weighted by Crippen LogP contribution is -2.03. The van der Waals surface area contributed by atoms with Crippen LogP contribution in [0.1, 0.15) is 49.4 Å². The third-order valence-corrected chi connectivity index (χ3v) is 6.65. The Morgan fingerprint density at radius 3 is 2.45 bits per heavy atom. The fourth-order valence-electron chi connectivity index (χ4n) is 3.93. The van der Waals surface area contributed by atoms with E-state index in [2.05, 4.69) is 62.5 Å². The van der Waals surface area contributed by atoms with Gasteiger partial charge in [-0.1, -0.05) is 44.2 Å². The van der Waals surface area contributed by atoms with Crippen molar-refractivity contribution < 1.29 is 4.74 Å². The van der Waals surface area contributed by atoms with E-state index in [-0.39, 0.29) is 0 Å². The van der Waals surface area contributed by atoms with Crippen LogP contribution in [0.15, 0.2) is 48.5 Å². The van der Waals surface area contributed by atoms with Crippen molar-refractivity contribution in [2.45, 2.75) is 47.0 Å². The Kier molecular flexibility index (Phi) is 6.23. The number of rotatable bonds is 7. The van der Waals surface area contributed by atoms with Gasteiger partial charge in [0, 0.05) is 16.1 Å². The van der Waals surface area contributed by atoms with Gasteiger partial charge in [-0.05, 0) is 62.4 Å². The smallest absolute Gasteiger partial charge is 0.143 e. The topological polar surface area (TPSA) is 47.0 Å². The molecule has 1 atom stereocenters. The zero-order valence-corrected chi connectivity index (χ0v) is 19.6. The number of hydrogen-bond acceptors (Lipinski definition) is 5. The summed E-state index contributed by atoms with van der Waals surface area (Å²) in [5, 5.41) is 4.74. The Bertz CT molecular complexity index is 1200. The zero-order chi connectivity index (χ0) is 22.0. The number of hydrogen-bond donors (Lipinski definition) is 1.